The Balaban J connectivity index is 1.65. The van der Waals surface area contributed by atoms with Crippen molar-refractivity contribution in [2.75, 3.05) is 5.32 Å². The Kier molecular flexibility index (Phi) is 8.52. The van der Waals surface area contributed by atoms with E-state index in [1.54, 1.807) is 12.1 Å². The maximum Gasteiger partial charge on any atom is 0.323 e. The number of nitrogens with zero attached hydrogens (tertiary/aromatic N) is 3. The molecule has 0 saturated heterocycles. The van der Waals surface area contributed by atoms with Crippen LogP contribution in [0.5, 0.6) is 0 Å². The summed E-state index contributed by atoms with van der Waals surface area (Å²) < 4.78 is 2.76. The summed E-state index contributed by atoms with van der Waals surface area (Å²) in [6, 6.07) is 22.8. The molecule has 0 unspecified atom stereocenters. The molecule has 5 aromatic rings. The van der Waals surface area contributed by atoms with E-state index in [0.717, 1.165) is 14.1 Å². The van der Waals surface area contributed by atoms with Gasteiger partial charge in [0.2, 0.25) is 5.91 Å². The average Bonchev–Trinajstić information content (AvgIpc) is 3.62. The molecule has 43 heavy (non-hydrogen) atoms. The second-order valence-corrected chi connectivity index (χ2v) is 11.0. The largest absolute Gasteiger partial charge is 0.480 e. The van der Waals surface area contributed by atoms with Crippen molar-refractivity contribution in [3.05, 3.63) is 127 Å². The van der Waals surface area contributed by atoms with Gasteiger partial charge in [0.05, 0.1) is 22.1 Å². The van der Waals surface area contributed by atoms with Gasteiger partial charge in [-0.1, -0.05) is 41.6 Å². The zero-order valence-electron chi connectivity index (χ0n) is 22.3. The van der Waals surface area contributed by atoms with Crippen molar-refractivity contribution < 1.29 is 19.5 Å². The van der Waals surface area contributed by atoms with E-state index < -0.39 is 29.9 Å². The Morgan fingerprint density at radius 1 is 0.953 bits per heavy atom. The molecule has 0 aliphatic rings. The molecule has 5 rings (SSSR count). The van der Waals surface area contributed by atoms with Gasteiger partial charge in [0.15, 0.2) is 0 Å². The molecule has 2 aromatic carbocycles. The molecule has 0 saturated carbocycles. The number of aliphatic carboxylic acids is 1. The van der Waals surface area contributed by atoms with Crippen LogP contribution < -0.4 is 16.6 Å². The van der Waals surface area contributed by atoms with Gasteiger partial charge in [0, 0.05) is 33.7 Å². The molecule has 0 fully saturated rings. The van der Waals surface area contributed by atoms with Gasteiger partial charge in [-0.3, -0.25) is 23.7 Å². The first-order valence-corrected chi connectivity index (χ1v) is 13.9. The number of hydrogen-bond donors (Lipinski definition) is 3. The number of carbonyl (C=O) groups is 3. The van der Waals surface area contributed by atoms with E-state index in [0.29, 0.717) is 22.0 Å². The SMILES string of the molecule is NC(=O)c1ccc(C(=O)n2nc(-c3c(C#Cc4ccccc4)ccc(=O)n3CC(=O)O)cc2NCc2ccc(Cl)s2)cc1. The van der Waals surface area contributed by atoms with Crippen LogP contribution in [0.4, 0.5) is 5.82 Å². The monoisotopic (exact) mass is 611 g/mol. The second-order valence-electron chi connectivity index (χ2n) is 9.16. The Morgan fingerprint density at radius 2 is 1.67 bits per heavy atom. The fourth-order valence-corrected chi connectivity index (χ4v) is 5.24. The van der Waals surface area contributed by atoms with Gasteiger partial charge in [0.1, 0.15) is 18.1 Å². The van der Waals surface area contributed by atoms with Crippen molar-refractivity contribution in [1.82, 2.24) is 14.3 Å². The number of aromatic nitrogens is 3. The number of hydrogen-bond acceptors (Lipinski definition) is 7. The van der Waals surface area contributed by atoms with Crippen molar-refractivity contribution in [1.29, 1.82) is 0 Å². The predicted molar refractivity (Wildman–Crippen MR) is 163 cm³/mol. The highest BCUT2D eigenvalue weighted by molar-refractivity contribution is 7.16. The van der Waals surface area contributed by atoms with Gasteiger partial charge in [-0.05, 0) is 54.6 Å². The van der Waals surface area contributed by atoms with Crippen LogP contribution in [0.15, 0.2) is 89.7 Å². The van der Waals surface area contributed by atoms with Crippen molar-refractivity contribution in [2.45, 2.75) is 13.1 Å². The summed E-state index contributed by atoms with van der Waals surface area (Å²) in [7, 11) is 0. The van der Waals surface area contributed by atoms with Gasteiger partial charge < -0.3 is 16.2 Å². The number of carbonyl (C=O) groups excluding carboxylic acids is 2. The minimum Gasteiger partial charge on any atom is -0.480 e. The zero-order valence-corrected chi connectivity index (χ0v) is 23.9. The number of thiophene rings is 1. The molecule has 0 radical (unpaired) electrons. The Labute approximate surface area is 254 Å². The van der Waals surface area contributed by atoms with Crippen LogP contribution in [0.25, 0.3) is 11.4 Å². The predicted octanol–water partition coefficient (Wildman–Crippen LogP) is 4.31. The van der Waals surface area contributed by atoms with Crippen molar-refractivity contribution in [2.24, 2.45) is 5.73 Å². The molecule has 0 spiro atoms. The first kappa shape index (κ1) is 29.1. The third-order valence-electron chi connectivity index (χ3n) is 6.23. The zero-order chi connectivity index (χ0) is 30.5. The average molecular weight is 612 g/mol. The van der Waals surface area contributed by atoms with E-state index in [4.69, 9.17) is 17.3 Å². The van der Waals surface area contributed by atoms with Gasteiger partial charge in [-0.25, -0.2) is 0 Å². The normalized spacial score (nSPS) is 10.5. The summed E-state index contributed by atoms with van der Waals surface area (Å²) in [6.07, 6.45) is 0. The van der Waals surface area contributed by atoms with Gasteiger partial charge in [-0.2, -0.15) is 9.78 Å². The summed E-state index contributed by atoms with van der Waals surface area (Å²) in [6.45, 7) is -0.353. The summed E-state index contributed by atoms with van der Waals surface area (Å²) in [4.78, 5) is 50.7. The minimum atomic E-state index is -1.24. The van der Waals surface area contributed by atoms with Crippen LogP contribution in [-0.2, 0) is 17.9 Å². The highest BCUT2D eigenvalue weighted by Gasteiger charge is 2.22. The van der Waals surface area contributed by atoms with E-state index in [9.17, 15) is 24.3 Å². The van der Waals surface area contributed by atoms with E-state index in [2.05, 4.69) is 22.3 Å². The van der Waals surface area contributed by atoms with E-state index in [1.807, 2.05) is 36.4 Å². The molecule has 0 atom stereocenters. The number of anilines is 1. The number of pyridine rings is 1. The van der Waals surface area contributed by atoms with Crippen LogP contribution in [0.2, 0.25) is 4.34 Å². The quantitative estimate of drug-likeness (QED) is 0.221. The fraction of sp³-hybridized carbons (Fsp3) is 0.0645. The number of halogens is 1. The van der Waals surface area contributed by atoms with Crippen LogP contribution in [0.1, 0.15) is 36.7 Å². The second kappa shape index (κ2) is 12.6. The van der Waals surface area contributed by atoms with Crippen molar-refractivity contribution in [3.63, 3.8) is 0 Å². The number of rotatable bonds is 8. The first-order valence-electron chi connectivity index (χ1n) is 12.8. The third-order valence-corrected chi connectivity index (χ3v) is 7.46. The number of nitrogens with one attached hydrogen (secondary N) is 1. The molecule has 0 bridgehead atoms. The number of carboxylic acids is 1. The standard InChI is InChI=1S/C31H22ClN5O5S/c32-25-14-13-23(43-25)17-34-26-16-24(35-37(26)31(42)22-10-8-21(9-11-22)30(33)41)29-20(7-6-19-4-2-1-3-5-19)12-15-27(38)36(29)18-28(39)40/h1-5,8-16,34H,17-18H2,(H2,33,41)(H,39,40). The number of amides is 1. The lowest BCUT2D eigenvalue weighted by atomic mass is 10.1. The molecular weight excluding hydrogens is 590 g/mol. The minimum absolute atomic E-state index is 0.135. The molecule has 0 aliphatic carbocycles. The Morgan fingerprint density at radius 3 is 2.33 bits per heavy atom. The van der Waals surface area contributed by atoms with Crippen LogP contribution in [0, 0.1) is 11.8 Å². The summed E-state index contributed by atoms with van der Waals surface area (Å²) >= 11 is 7.44. The summed E-state index contributed by atoms with van der Waals surface area (Å²) in [5.41, 5.74) is 6.53. The maximum absolute atomic E-state index is 13.7. The number of nitrogens with two attached hydrogens (primary N) is 1. The Bertz CT molecular complexity index is 1970. The first-order chi connectivity index (χ1) is 20.7. The molecule has 12 heteroatoms. The van der Waals surface area contributed by atoms with Crippen molar-refractivity contribution in [3.8, 4) is 23.2 Å². The lowest BCUT2D eigenvalue weighted by Gasteiger charge is -2.11. The molecule has 0 aliphatic heterocycles. The third kappa shape index (κ3) is 6.73. The van der Waals surface area contributed by atoms with Crippen LogP contribution >= 0.6 is 22.9 Å². The summed E-state index contributed by atoms with van der Waals surface area (Å²) in [5, 5.41) is 17.3. The molecule has 4 N–H and O–H groups in total. The van der Waals surface area contributed by atoms with Gasteiger partial charge >= 0.3 is 5.97 Å². The summed E-state index contributed by atoms with van der Waals surface area (Å²) in [5.74, 6) is 3.89. The van der Waals surface area contributed by atoms with Crippen molar-refractivity contribution >= 4 is 46.5 Å². The topological polar surface area (TPSA) is 149 Å². The Hall–Kier alpha value is -5.44. The smallest absolute Gasteiger partial charge is 0.323 e. The molecule has 10 nitrogen and oxygen atoms in total. The molecule has 3 aromatic heterocycles. The fourth-order valence-electron chi connectivity index (χ4n) is 4.21. The van der Waals surface area contributed by atoms with E-state index in [-0.39, 0.29) is 28.3 Å². The molecule has 1 amide bonds. The lowest BCUT2D eigenvalue weighted by molar-refractivity contribution is -0.137. The molecular formula is C31H22ClN5O5S. The van der Waals surface area contributed by atoms with Gasteiger partial charge in [-0.15, -0.1) is 11.3 Å². The lowest BCUT2D eigenvalue weighted by Crippen LogP contribution is -2.26. The van der Waals surface area contributed by atoms with Crippen LogP contribution in [-0.4, -0.2) is 37.2 Å². The van der Waals surface area contributed by atoms with E-state index >= 15 is 0 Å². The number of benzene rings is 2. The highest BCUT2D eigenvalue weighted by Crippen LogP contribution is 2.27. The number of carboxylic acid groups (broad SMARTS) is 1. The molecule has 3 heterocycles. The number of primary amides is 1. The maximum atomic E-state index is 13.7. The molecule has 214 valence electrons. The van der Waals surface area contributed by atoms with Gasteiger partial charge in [0.25, 0.3) is 11.5 Å². The van der Waals surface area contributed by atoms with E-state index in [1.165, 1.54) is 47.7 Å². The van der Waals surface area contributed by atoms with Crippen LogP contribution in [0.3, 0.4) is 0 Å². The highest BCUT2D eigenvalue weighted by atomic mass is 35.5.